The lowest BCUT2D eigenvalue weighted by Crippen LogP contribution is -2.05. The molecular formula is C14H9BrClF3. The number of alkyl halides is 4. The van der Waals surface area contributed by atoms with Crippen molar-refractivity contribution < 1.29 is 13.2 Å². The van der Waals surface area contributed by atoms with Crippen molar-refractivity contribution in [1.82, 2.24) is 0 Å². The molecule has 19 heavy (non-hydrogen) atoms. The van der Waals surface area contributed by atoms with Crippen LogP contribution in [0.15, 0.2) is 48.5 Å². The molecule has 0 saturated heterocycles. The molecule has 1 unspecified atom stereocenters. The SMILES string of the molecule is FC(F)(F)c1cccc(C(Br)c2ccc(Cl)cc2)c1. The van der Waals surface area contributed by atoms with Crippen LogP contribution >= 0.6 is 27.5 Å². The lowest BCUT2D eigenvalue weighted by atomic mass is 10.0. The molecule has 2 aromatic rings. The van der Waals surface area contributed by atoms with E-state index in [9.17, 15) is 13.2 Å². The molecule has 0 amide bonds. The average molecular weight is 350 g/mol. The maximum absolute atomic E-state index is 12.7. The van der Waals surface area contributed by atoms with Crippen molar-refractivity contribution in [1.29, 1.82) is 0 Å². The van der Waals surface area contributed by atoms with Gasteiger partial charge in [-0.3, -0.25) is 0 Å². The maximum Gasteiger partial charge on any atom is 0.416 e. The number of rotatable bonds is 2. The lowest BCUT2D eigenvalue weighted by molar-refractivity contribution is -0.137. The van der Waals surface area contributed by atoms with Crippen molar-refractivity contribution in [3.63, 3.8) is 0 Å². The molecular weight excluding hydrogens is 341 g/mol. The van der Waals surface area contributed by atoms with Gasteiger partial charge in [0.25, 0.3) is 0 Å². The summed E-state index contributed by atoms with van der Waals surface area (Å²) in [6, 6.07) is 12.2. The van der Waals surface area contributed by atoms with E-state index in [1.807, 2.05) is 0 Å². The van der Waals surface area contributed by atoms with Crippen molar-refractivity contribution in [3.05, 3.63) is 70.2 Å². The molecule has 0 heterocycles. The Labute approximate surface area is 122 Å². The van der Waals surface area contributed by atoms with Crippen LogP contribution in [0.5, 0.6) is 0 Å². The van der Waals surface area contributed by atoms with Gasteiger partial charge < -0.3 is 0 Å². The van der Waals surface area contributed by atoms with E-state index in [4.69, 9.17) is 11.6 Å². The minimum atomic E-state index is -4.33. The summed E-state index contributed by atoms with van der Waals surface area (Å²) >= 11 is 9.19. The molecule has 1 atom stereocenters. The van der Waals surface area contributed by atoms with E-state index >= 15 is 0 Å². The topological polar surface area (TPSA) is 0 Å². The van der Waals surface area contributed by atoms with Crippen molar-refractivity contribution in [2.75, 3.05) is 0 Å². The summed E-state index contributed by atoms with van der Waals surface area (Å²) in [6.07, 6.45) is -4.33. The summed E-state index contributed by atoms with van der Waals surface area (Å²) in [7, 11) is 0. The summed E-state index contributed by atoms with van der Waals surface area (Å²) in [4.78, 5) is -0.299. The van der Waals surface area contributed by atoms with E-state index in [-0.39, 0.29) is 4.83 Å². The van der Waals surface area contributed by atoms with E-state index in [2.05, 4.69) is 15.9 Å². The van der Waals surface area contributed by atoms with Gasteiger partial charge in [0.15, 0.2) is 0 Å². The Hall–Kier alpha value is -1.00. The Morgan fingerprint density at radius 1 is 0.947 bits per heavy atom. The van der Waals surface area contributed by atoms with Crippen molar-refractivity contribution in [2.45, 2.75) is 11.0 Å². The molecule has 100 valence electrons. The molecule has 0 aliphatic heterocycles. The van der Waals surface area contributed by atoms with E-state index in [1.165, 1.54) is 6.07 Å². The number of hydrogen-bond acceptors (Lipinski definition) is 0. The van der Waals surface area contributed by atoms with Gasteiger partial charge in [0.1, 0.15) is 0 Å². The molecule has 0 nitrogen and oxygen atoms in total. The van der Waals surface area contributed by atoms with Crippen molar-refractivity contribution in [3.8, 4) is 0 Å². The van der Waals surface area contributed by atoms with Gasteiger partial charge in [0.2, 0.25) is 0 Å². The van der Waals surface area contributed by atoms with Crippen LogP contribution in [0, 0.1) is 0 Å². The number of halogens is 5. The highest BCUT2D eigenvalue weighted by molar-refractivity contribution is 9.09. The van der Waals surface area contributed by atoms with E-state index in [0.29, 0.717) is 10.6 Å². The van der Waals surface area contributed by atoms with Gasteiger partial charge in [-0.25, -0.2) is 0 Å². The van der Waals surface area contributed by atoms with Gasteiger partial charge in [-0.05, 0) is 29.3 Å². The molecule has 2 aromatic carbocycles. The molecule has 0 spiro atoms. The van der Waals surface area contributed by atoms with E-state index < -0.39 is 11.7 Å². The summed E-state index contributed by atoms with van der Waals surface area (Å²) in [5.41, 5.74) is 0.754. The Morgan fingerprint density at radius 3 is 2.16 bits per heavy atom. The summed E-state index contributed by atoms with van der Waals surface area (Å²) in [5, 5.41) is 0.590. The van der Waals surface area contributed by atoms with Crippen LogP contribution in [0.1, 0.15) is 21.5 Å². The third kappa shape index (κ3) is 3.51. The molecule has 0 saturated carbocycles. The predicted molar refractivity (Wildman–Crippen MR) is 73.7 cm³/mol. The van der Waals surface area contributed by atoms with Gasteiger partial charge in [-0.15, -0.1) is 0 Å². The fraction of sp³-hybridized carbons (Fsp3) is 0.143. The van der Waals surface area contributed by atoms with Gasteiger partial charge in [-0.2, -0.15) is 13.2 Å². The maximum atomic E-state index is 12.7. The standard InChI is InChI=1S/C14H9BrClF3/c15-13(9-4-6-12(16)7-5-9)10-2-1-3-11(8-10)14(17,18)19/h1-8,13H. The third-order valence-corrected chi connectivity index (χ3v) is 3.98. The van der Waals surface area contributed by atoms with Crippen LogP contribution in [0.3, 0.4) is 0 Å². The summed E-state index contributed by atoms with van der Waals surface area (Å²) < 4.78 is 38.0. The highest BCUT2D eigenvalue weighted by Crippen LogP contribution is 2.35. The number of benzene rings is 2. The quantitative estimate of drug-likeness (QED) is 0.597. The molecule has 0 aromatic heterocycles. The van der Waals surface area contributed by atoms with Gasteiger partial charge >= 0.3 is 6.18 Å². The average Bonchev–Trinajstić information content (AvgIpc) is 2.38. The van der Waals surface area contributed by atoms with Crippen LogP contribution in [0.2, 0.25) is 5.02 Å². The first-order valence-electron chi connectivity index (χ1n) is 5.44. The first kappa shape index (κ1) is 14.4. The molecule has 0 aliphatic rings. The van der Waals surface area contributed by atoms with Crippen LogP contribution in [0.25, 0.3) is 0 Å². The van der Waals surface area contributed by atoms with Crippen LogP contribution < -0.4 is 0 Å². The van der Waals surface area contributed by atoms with E-state index in [1.54, 1.807) is 30.3 Å². The van der Waals surface area contributed by atoms with Gasteiger partial charge in [-0.1, -0.05) is 57.9 Å². The zero-order chi connectivity index (χ0) is 14.0. The molecule has 0 radical (unpaired) electrons. The minimum absolute atomic E-state index is 0.299. The highest BCUT2D eigenvalue weighted by Gasteiger charge is 2.30. The Balaban J connectivity index is 2.34. The summed E-state index contributed by atoms with van der Waals surface area (Å²) in [6.45, 7) is 0. The van der Waals surface area contributed by atoms with Crippen molar-refractivity contribution in [2.24, 2.45) is 0 Å². The van der Waals surface area contributed by atoms with Crippen LogP contribution in [0.4, 0.5) is 13.2 Å². The predicted octanol–water partition coefficient (Wildman–Crippen LogP) is 5.84. The largest absolute Gasteiger partial charge is 0.416 e. The Morgan fingerprint density at radius 2 is 1.58 bits per heavy atom. The molecule has 0 bridgehead atoms. The third-order valence-electron chi connectivity index (χ3n) is 2.67. The van der Waals surface area contributed by atoms with Gasteiger partial charge in [0.05, 0.1) is 10.4 Å². The second kappa shape index (κ2) is 5.55. The fourth-order valence-electron chi connectivity index (χ4n) is 1.70. The second-order valence-corrected chi connectivity index (χ2v) is 5.39. The second-order valence-electron chi connectivity index (χ2n) is 4.04. The first-order valence-corrected chi connectivity index (χ1v) is 6.74. The fourth-order valence-corrected chi connectivity index (χ4v) is 2.41. The normalized spacial score (nSPS) is 13.3. The molecule has 0 N–H and O–H groups in total. The minimum Gasteiger partial charge on any atom is -0.166 e. The van der Waals surface area contributed by atoms with Crippen molar-refractivity contribution >= 4 is 27.5 Å². The van der Waals surface area contributed by atoms with Crippen LogP contribution in [-0.4, -0.2) is 0 Å². The van der Waals surface area contributed by atoms with E-state index in [0.717, 1.165) is 17.7 Å². The number of hydrogen-bond donors (Lipinski definition) is 0. The molecule has 0 aliphatic carbocycles. The monoisotopic (exact) mass is 348 g/mol. The van der Waals surface area contributed by atoms with Crippen LogP contribution in [-0.2, 0) is 6.18 Å². The molecule has 5 heteroatoms. The first-order chi connectivity index (χ1) is 8.88. The highest BCUT2D eigenvalue weighted by atomic mass is 79.9. The Bertz CT molecular complexity index is 564. The van der Waals surface area contributed by atoms with Gasteiger partial charge in [0, 0.05) is 5.02 Å². The summed E-state index contributed by atoms with van der Waals surface area (Å²) in [5.74, 6) is 0. The zero-order valence-corrected chi connectivity index (χ0v) is 11.9. The Kier molecular flexibility index (Phi) is 4.21. The smallest absolute Gasteiger partial charge is 0.166 e. The molecule has 0 fully saturated rings. The lowest BCUT2D eigenvalue weighted by Gasteiger charge is -2.13. The molecule has 2 rings (SSSR count). The zero-order valence-electron chi connectivity index (χ0n) is 9.59.